The third-order valence-electron chi connectivity index (χ3n) is 3.28. The Bertz CT molecular complexity index is 377. The van der Waals surface area contributed by atoms with E-state index in [0.717, 1.165) is 25.9 Å². The summed E-state index contributed by atoms with van der Waals surface area (Å²) < 4.78 is 18.1. The lowest BCUT2D eigenvalue weighted by Gasteiger charge is -2.30. The van der Waals surface area contributed by atoms with Gasteiger partial charge in [0.15, 0.2) is 0 Å². The first-order valence-electron chi connectivity index (χ1n) is 6.60. The van der Waals surface area contributed by atoms with Crippen molar-refractivity contribution in [2.24, 2.45) is 0 Å². The molecule has 0 unspecified atom stereocenters. The molecule has 0 spiro atoms. The zero-order valence-electron chi connectivity index (χ0n) is 10.8. The van der Waals surface area contributed by atoms with E-state index in [2.05, 4.69) is 4.90 Å². The summed E-state index contributed by atoms with van der Waals surface area (Å²) in [6, 6.07) is 5.74. The van der Waals surface area contributed by atoms with Crippen LogP contribution in [-0.4, -0.2) is 53.6 Å². The zero-order chi connectivity index (χ0) is 13.7. The molecule has 1 fully saturated rings. The summed E-state index contributed by atoms with van der Waals surface area (Å²) in [5.74, 6) is 0.245. The highest BCUT2D eigenvalue weighted by Crippen LogP contribution is 2.13. The number of halogens is 1. The third kappa shape index (κ3) is 4.78. The van der Waals surface area contributed by atoms with Crippen LogP contribution in [0, 0.1) is 5.82 Å². The van der Waals surface area contributed by atoms with Crippen molar-refractivity contribution >= 4 is 0 Å². The van der Waals surface area contributed by atoms with Crippen molar-refractivity contribution in [3.8, 4) is 5.75 Å². The van der Waals surface area contributed by atoms with Gasteiger partial charge < -0.3 is 19.8 Å². The lowest BCUT2D eigenvalue weighted by atomic mass is 10.1. The summed E-state index contributed by atoms with van der Waals surface area (Å²) in [5.41, 5.74) is 0. The Balaban J connectivity index is 1.69. The molecule has 19 heavy (non-hydrogen) atoms. The van der Waals surface area contributed by atoms with Crippen LogP contribution in [-0.2, 0) is 0 Å². The maximum atomic E-state index is 12.7. The molecular formula is C14H20FNO3. The van der Waals surface area contributed by atoms with Crippen LogP contribution in [0.4, 0.5) is 4.39 Å². The third-order valence-corrected chi connectivity index (χ3v) is 3.28. The highest BCUT2D eigenvalue weighted by molar-refractivity contribution is 5.22. The molecule has 0 amide bonds. The van der Waals surface area contributed by atoms with Crippen LogP contribution < -0.4 is 4.74 Å². The van der Waals surface area contributed by atoms with Gasteiger partial charge in [-0.1, -0.05) is 0 Å². The van der Waals surface area contributed by atoms with Crippen LogP contribution in [0.3, 0.4) is 0 Å². The molecule has 5 heteroatoms. The quantitative estimate of drug-likeness (QED) is 0.838. The first kappa shape index (κ1) is 14.2. The van der Waals surface area contributed by atoms with Crippen LogP contribution in [0.2, 0.25) is 0 Å². The number of hydrogen-bond acceptors (Lipinski definition) is 4. The topological polar surface area (TPSA) is 52.9 Å². The second-order valence-corrected chi connectivity index (χ2v) is 4.95. The van der Waals surface area contributed by atoms with Gasteiger partial charge in [-0.25, -0.2) is 4.39 Å². The molecule has 0 radical (unpaired) electrons. The molecular weight excluding hydrogens is 249 g/mol. The summed E-state index contributed by atoms with van der Waals surface area (Å²) in [6.07, 6.45) is 0.723. The minimum absolute atomic E-state index is 0.185. The van der Waals surface area contributed by atoms with Crippen molar-refractivity contribution in [3.05, 3.63) is 30.1 Å². The van der Waals surface area contributed by atoms with Gasteiger partial charge >= 0.3 is 0 Å². The highest BCUT2D eigenvalue weighted by Gasteiger charge is 2.19. The molecule has 0 bridgehead atoms. The van der Waals surface area contributed by atoms with E-state index in [4.69, 9.17) is 4.74 Å². The first-order valence-corrected chi connectivity index (χ1v) is 6.60. The van der Waals surface area contributed by atoms with E-state index in [1.807, 2.05) is 0 Å². The number of rotatable bonds is 5. The van der Waals surface area contributed by atoms with Crippen molar-refractivity contribution in [1.29, 1.82) is 0 Å². The second-order valence-electron chi connectivity index (χ2n) is 4.95. The van der Waals surface area contributed by atoms with E-state index in [-0.39, 0.29) is 18.5 Å². The Morgan fingerprint density at radius 3 is 2.53 bits per heavy atom. The Labute approximate surface area is 112 Å². The van der Waals surface area contributed by atoms with Crippen molar-refractivity contribution in [2.45, 2.75) is 25.0 Å². The van der Waals surface area contributed by atoms with Gasteiger partial charge in [-0.2, -0.15) is 0 Å². The summed E-state index contributed by atoms with van der Waals surface area (Å²) >= 11 is 0. The highest BCUT2D eigenvalue weighted by atomic mass is 19.1. The van der Waals surface area contributed by atoms with Crippen LogP contribution in [0.5, 0.6) is 5.75 Å². The van der Waals surface area contributed by atoms with E-state index in [1.54, 1.807) is 12.1 Å². The average molecular weight is 269 g/mol. The maximum Gasteiger partial charge on any atom is 0.123 e. The van der Waals surface area contributed by atoms with Gasteiger partial charge in [0.2, 0.25) is 0 Å². The largest absolute Gasteiger partial charge is 0.491 e. The summed E-state index contributed by atoms with van der Waals surface area (Å²) in [5, 5.41) is 19.3. The van der Waals surface area contributed by atoms with E-state index in [1.165, 1.54) is 12.1 Å². The maximum absolute atomic E-state index is 12.7. The van der Waals surface area contributed by atoms with E-state index >= 15 is 0 Å². The lowest BCUT2D eigenvalue weighted by Crippen LogP contribution is -2.41. The van der Waals surface area contributed by atoms with Crippen molar-refractivity contribution in [1.82, 2.24) is 4.90 Å². The van der Waals surface area contributed by atoms with Crippen LogP contribution in [0.1, 0.15) is 12.8 Å². The van der Waals surface area contributed by atoms with Gasteiger partial charge in [-0.3, -0.25) is 0 Å². The predicted molar refractivity (Wildman–Crippen MR) is 69.6 cm³/mol. The smallest absolute Gasteiger partial charge is 0.123 e. The molecule has 1 atom stereocenters. The fraction of sp³-hybridized carbons (Fsp3) is 0.571. The Kier molecular flexibility index (Phi) is 5.13. The summed E-state index contributed by atoms with van der Waals surface area (Å²) in [4.78, 5) is 2.12. The number of ether oxygens (including phenoxy) is 1. The van der Waals surface area contributed by atoms with Gasteiger partial charge in [0.05, 0.1) is 6.10 Å². The molecule has 4 nitrogen and oxygen atoms in total. The lowest BCUT2D eigenvalue weighted by molar-refractivity contribution is 0.0337. The van der Waals surface area contributed by atoms with Crippen molar-refractivity contribution in [3.63, 3.8) is 0 Å². The number of nitrogens with zero attached hydrogens (tertiary/aromatic N) is 1. The summed E-state index contributed by atoms with van der Waals surface area (Å²) in [6.45, 7) is 2.32. The van der Waals surface area contributed by atoms with Crippen LogP contribution in [0.15, 0.2) is 24.3 Å². The zero-order valence-corrected chi connectivity index (χ0v) is 10.8. The van der Waals surface area contributed by atoms with E-state index in [9.17, 15) is 14.6 Å². The van der Waals surface area contributed by atoms with E-state index in [0.29, 0.717) is 12.3 Å². The summed E-state index contributed by atoms with van der Waals surface area (Å²) in [7, 11) is 0. The molecule has 0 saturated carbocycles. The second kappa shape index (κ2) is 6.84. The number of likely N-dealkylation sites (tertiary alicyclic amines) is 1. The molecule has 0 aromatic heterocycles. The van der Waals surface area contributed by atoms with Gasteiger partial charge in [-0.05, 0) is 37.1 Å². The van der Waals surface area contributed by atoms with Gasteiger partial charge in [-0.15, -0.1) is 0 Å². The molecule has 1 aromatic carbocycles. The fourth-order valence-electron chi connectivity index (χ4n) is 2.18. The van der Waals surface area contributed by atoms with Gasteiger partial charge in [0.1, 0.15) is 24.3 Å². The van der Waals surface area contributed by atoms with E-state index < -0.39 is 6.10 Å². The molecule has 0 aliphatic carbocycles. The molecule has 1 aromatic rings. The molecule has 1 aliphatic heterocycles. The molecule has 106 valence electrons. The molecule has 2 rings (SSSR count). The molecule has 2 N–H and O–H groups in total. The number of β-amino-alcohol motifs (C(OH)–C–C–N with tert-alkyl or cyclic N) is 1. The minimum Gasteiger partial charge on any atom is -0.491 e. The minimum atomic E-state index is -0.583. The number of aliphatic hydroxyl groups excluding tert-OH is 2. The predicted octanol–water partition coefficient (Wildman–Crippen LogP) is 1.02. The van der Waals surface area contributed by atoms with Crippen LogP contribution >= 0.6 is 0 Å². The van der Waals surface area contributed by atoms with Crippen LogP contribution in [0.25, 0.3) is 0 Å². The normalized spacial score (nSPS) is 19.3. The fourth-order valence-corrected chi connectivity index (χ4v) is 2.18. The van der Waals surface area contributed by atoms with Gasteiger partial charge in [0, 0.05) is 19.6 Å². The Morgan fingerprint density at radius 2 is 1.89 bits per heavy atom. The number of aliphatic hydroxyl groups is 2. The Morgan fingerprint density at radius 1 is 1.26 bits per heavy atom. The number of benzene rings is 1. The number of piperidine rings is 1. The molecule has 1 heterocycles. The first-order chi connectivity index (χ1) is 9.13. The average Bonchev–Trinajstić information content (AvgIpc) is 2.41. The van der Waals surface area contributed by atoms with Crippen molar-refractivity contribution < 1.29 is 19.3 Å². The Hall–Kier alpha value is -1.17. The molecule has 1 saturated heterocycles. The monoisotopic (exact) mass is 269 g/mol. The standard InChI is InChI=1S/C14H20FNO3/c15-11-1-3-14(4-2-11)19-10-13(18)9-16-7-5-12(17)6-8-16/h1-4,12-13,17-18H,5-10H2/t13-/m1/s1. The SMILES string of the molecule is OC1CCN(C[C@@H](O)COc2ccc(F)cc2)CC1. The van der Waals surface area contributed by atoms with Gasteiger partial charge in [0.25, 0.3) is 0 Å². The number of hydrogen-bond donors (Lipinski definition) is 2. The molecule has 1 aliphatic rings. The van der Waals surface area contributed by atoms with Crippen molar-refractivity contribution in [2.75, 3.05) is 26.2 Å².